The van der Waals surface area contributed by atoms with E-state index in [9.17, 15) is 4.39 Å². The Labute approximate surface area is 54.5 Å². The number of halogens is 1. The average Bonchev–Trinajstić information content (AvgIpc) is 1.64. The van der Waals surface area contributed by atoms with Crippen LogP contribution in [-0.2, 0) is 0 Å². The molecule has 2 heteroatoms. The molecule has 9 heavy (non-hydrogen) atoms. The van der Waals surface area contributed by atoms with Gasteiger partial charge in [-0.25, -0.2) is 4.39 Å². The Bertz CT molecular complexity index is 95.5. The lowest BCUT2D eigenvalue weighted by atomic mass is 10.1. The van der Waals surface area contributed by atoms with Gasteiger partial charge in [-0.3, -0.25) is 0 Å². The monoisotopic (exact) mass is 130 g/mol. The van der Waals surface area contributed by atoms with Gasteiger partial charge in [-0.15, -0.1) is 13.2 Å². The van der Waals surface area contributed by atoms with Gasteiger partial charge >= 0.3 is 0 Å². The molecule has 0 fully saturated rings. The Morgan fingerprint density at radius 1 is 1.33 bits per heavy atom. The standard InChI is InChI=1S/C7H11FO/c1-3-5-7(8,9)6-4-2/h3-4,9H,1-2,5-6H2. The van der Waals surface area contributed by atoms with Crippen molar-refractivity contribution < 1.29 is 9.50 Å². The van der Waals surface area contributed by atoms with Gasteiger partial charge in [-0.2, -0.15) is 0 Å². The molecule has 0 aromatic heterocycles. The minimum atomic E-state index is -2.14. The zero-order chi connectivity index (χ0) is 7.33. The molecule has 0 aromatic carbocycles. The van der Waals surface area contributed by atoms with Gasteiger partial charge in [0, 0.05) is 12.8 Å². The minimum Gasteiger partial charge on any atom is -0.361 e. The molecule has 0 aromatic rings. The number of aliphatic hydroxyl groups is 1. The molecule has 0 spiro atoms. The second-order valence-electron chi connectivity index (χ2n) is 1.90. The molecule has 0 saturated heterocycles. The molecular weight excluding hydrogens is 119 g/mol. The highest BCUT2D eigenvalue weighted by Crippen LogP contribution is 2.16. The number of alkyl halides is 1. The summed E-state index contributed by atoms with van der Waals surface area (Å²) in [5, 5.41) is 8.71. The molecule has 0 amide bonds. The molecule has 0 rings (SSSR count). The van der Waals surface area contributed by atoms with E-state index in [1.54, 1.807) is 0 Å². The van der Waals surface area contributed by atoms with Gasteiger partial charge in [0.05, 0.1) is 0 Å². The smallest absolute Gasteiger partial charge is 0.213 e. The third-order valence-corrected chi connectivity index (χ3v) is 0.914. The van der Waals surface area contributed by atoms with Gasteiger partial charge in [0.25, 0.3) is 0 Å². The molecule has 0 aliphatic heterocycles. The van der Waals surface area contributed by atoms with Gasteiger partial charge in [0.1, 0.15) is 0 Å². The van der Waals surface area contributed by atoms with E-state index in [1.165, 1.54) is 12.2 Å². The molecule has 0 atom stereocenters. The van der Waals surface area contributed by atoms with Gasteiger partial charge in [0.2, 0.25) is 5.85 Å². The highest BCUT2D eigenvalue weighted by atomic mass is 19.2. The number of hydrogen-bond donors (Lipinski definition) is 1. The maximum absolute atomic E-state index is 12.5. The Hall–Kier alpha value is -0.630. The summed E-state index contributed by atoms with van der Waals surface area (Å²) in [5.74, 6) is -2.14. The fraction of sp³-hybridized carbons (Fsp3) is 0.429. The van der Waals surface area contributed by atoms with E-state index in [4.69, 9.17) is 5.11 Å². The van der Waals surface area contributed by atoms with E-state index in [0.29, 0.717) is 0 Å². The zero-order valence-corrected chi connectivity index (χ0v) is 5.31. The van der Waals surface area contributed by atoms with Crippen LogP contribution in [0.5, 0.6) is 0 Å². The fourth-order valence-electron chi connectivity index (χ4n) is 0.526. The summed E-state index contributed by atoms with van der Waals surface area (Å²) >= 11 is 0. The molecule has 0 saturated carbocycles. The lowest BCUT2D eigenvalue weighted by Gasteiger charge is -2.13. The van der Waals surface area contributed by atoms with E-state index in [0.717, 1.165) is 0 Å². The van der Waals surface area contributed by atoms with Crippen LogP contribution in [0.2, 0.25) is 0 Å². The maximum Gasteiger partial charge on any atom is 0.213 e. The summed E-state index contributed by atoms with van der Waals surface area (Å²) in [6.07, 6.45) is 2.59. The van der Waals surface area contributed by atoms with Crippen molar-refractivity contribution in [2.45, 2.75) is 18.7 Å². The average molecular weight is 130 g/mol. The first kappa shape index (κ1) is 8.37. The molecule has 0 aliphatic rings. The lowest BCUT2D eigenvalue weighted by Crippen LogP contribution is -2.19. The van der Waals surface area contributed by atoms with Crippen LogP contribution in [0, 0.1) is 0 Å². The Kier molecular flexibility index (Phi) is 3.17. The first-order valence-electron chi connectivity index (χ1n) is 2.75. The number of hydrogen-bond acceptors (Lipinski definition) is 1. The molecule has 0 radical (unpaired) electrons. The highest BCUT2D eigenvalue weighted by molar-refractivity contribution is 4.84. The molecule has 1 N–H and O–H groups in total. The molecule has 1 nitrogen and oxygen atoms in total. The summed E-state index contributed by atoms with van der Waals surface area (Å²) in [6, 6.07) is 0. The summed E-state index contributed by atoms with van der Waals surface area (Å²) in [5.41, 5.74) is 0. The predicted octanol–water partition coefficient (Wildman–Crippen LogP) is 1.80. The molecule has 0 heterocycles. The maximum atomic E-state index is 12.5. The van der Waals surface area contributed by atoms with Crippen LogP contribution >= 0.6 is 0 Å². The van der Waals surface area contributed by atoms with E-state index >= 15 is 0 Å². The van der Waals surface area contributed by atoms with Crippen molar-refractivity contribution in [1.82, 2.24) is 0 Å². The van der Waals surface area contributed by atoms with E-state index in [-0.39, 0.29) is 12.8 Å². The Balaban J connectivity index is 3.68. The summed E-state index contributed by atoms with van der Waals surface area (Å²) in [4.78, 5) is 0. The topological polar surface area (TPSA) is 20.2 Å². The van der Waals surface area contributed by atoms with E-state index in [1.807, 2.05) is 0 Å². The first-order chi connectivity index (χ1) is 4.12. The van der Waals surface area contributed by atoms with Crippen molar-refractivity contribution in [3.63, 3.8) is 0 Å². The molecule has 52 valence electrons. The van der Waals surface area contributed by atoms with Crippen LogP contribution in [0.3, 0.4) is 0 Å². The van der Waals surface area contributed by atoms with E-state index in [2.05, 4.69) is 13.2 Å². The largest absolute Gasteiger partial charge is 0.361 e. The summed E-state index contributed by atoms with van der Waals surface area (Å²) in [7, 11) is 0. The normalized spacial score (nSPS) is 10.9. The Morgan fingerprint density at radius 2 is 1.67 bits per heavy atom. The SMILES string of the molecule is C=CCC(O)(F)CC=C. The second kappa shape index (κ2) is 3.41. The van der Waals surface area contributed by atoms with Gasteiger partial charge in [-0.05, 0) is 0 Å². The van der Waals surface area contributed by atoms with Crippen molar-refractivity contribution in [1.29, 1.82) is 0 Å². The molecule has 0 bridgehead atoms. The quantitative estimate of drug-likeness (QED) is 0.575. The van der Waals surface area contributed by atoms with Crippen molar-refractivity contribution in [2.75, 3.05) is 0 Å². The highest BCUT2D eigenvalue weighted by Gasteiger charge is 2.20. The van der Waals surface area contributed by atoms with Gasteiger partial charge in [-0.1, -0.05) is 12.2 Å². The van der Waals surface area contributed by atoms with Crippen LogP contribution < -0.4 is 0 Å². The summed E-state index contributed by atoms with van der Waals surface area (Å²) in [6.45, 7) is 6.59. The molecule has 0 aliphatic carbocycles. The van der Waals surface area contributed by atoms with Gasteiger partial charge in [0.15, 0.2) is 0 Å². The van der Waals surface area contributed by atoms with Crippen molar-refractivity contribution in [3.8, 4) is 0 Å². The third kappa shape index (κ3) is 3.91. The van der Waals surface area contributed by atoms with Crippen molar-refractivity contribution in [3.05, 3.63) is 25.3 Å². The van der Waals surface area contributed by atoms with Crippen LogP contribution in [0.15, 0.2) is 25.3 Å². The lowest BCUT2D eigenvalue weighted by molar-refractivity contribution is -0.0812. The third-order valence-electron chi connectivity index (χ3n) is 0.914. The van der Waals surface area contributed by atoms with Crippen LogP contribution in [0.4, 0.5) is 4.39 Å². The minimum absolute atomic E-state index is 0.0426. The van der Waals surface area contributed by atoms with E-state index < -0.39 is 5.85 Å². The Morgan fingerprint density at radius 3 is 1.89 bits per heavy atom. The first-order valence-corrected chi connectivity index (χ1v) is 2.75. The number of rotatable bonds is 4. The molecular formula is C7H11FO. The molecule has 0 unspecified atom stereocenters. The van der Waals surface area contributed by atoms with Crippen molar-refractivity contribution >= 4 is 0 Å². The van der Waals surface area contributed by atoms with Crippen LogP contribution in [-0.4, -0.2) is 11.0 Å². The fourth-order valence-corrected chi connectivity index (χ4v) is 0.526. The predicted molar refractivity (Wildman–Crippen MR) is 35.7 cm³/mol. The van der Waals surface area contributed by atoms with Crippen LogP contribution in [0.1, 0.15) is 12.8 Å². The van der Waals surface area contributed by atoms with Crippen molar-refractivity contribution in [2.24, 2.45) is 0 Å². The zero-order valence-electron chi connectivity index (χ0n) is 5.31. The second-order valence-corrected chi connectivity index (χ2v) is 1.90. The van der Waals surface area contributed by atoms with Crippen LogP contribution in [0.25, 0.3) is 0 Å². The van der Waals surface area contributed by atoms with Gasteiger partial charge < -0.3 is 5.11 Å². The summed E-state index contributed by atoms with van der Waals surface area (Å²) < 4.78 is 12.5.